The van der Waals surface area contributed by atoms with Gasteiger partial charge >= 0.3 is 6.09 Å². The van der Waals surface area contributed by atoms with Gasteiger partial charge in [-0.2, -0.15) is 0 Å². The van der Waals surface area contributed by atoms with Crippen LogP contribution in [0, 0.1) is 6.92 Å². The van der Waals surface area contributed by atoms with E-state index in [0.29, 0.717) is 25.3 Å². The first kappa shape index (κ1) is 18.9. The summed E-state index contributed by atoms with van der Waals surface area (Å²) in [5.74, 6) is -0.0370. The molecule has 3 rings (SSSR count). The summed E-state index contributed by atoms with van der Waals surface area (Å²) in [6.07, 6.45) is 1.45. The highest BCUT2D eigenvalue weighted by molar-refractivity contribution is 5.83. The van der Waals surface area contributed by atoms with E-state index >= 15 is 0 Å². The van der Waals surface area contributed by atoms with Crippen molar-refractivity contribution in [2.75, 3.05) is 19.7 Å². The molecule has 0 spiro atoms. The second-order valence-corrected chi connectivity index (χ2v) is 6.91. The highest BCUT2D eigenvalue weighted by atomic mass is 16.6. The SMILES string of the molecule is CCOC(=O)N1CCC(NC(=O)Cc2ccc3[nH]c(=O)c(C)cc3c2)CC1. The smallest absolute Gasteiger partial charge is 0.409 e. The molecule has 1 aromatic heterocycles. The number of nitrogens with zero attached hydrogens (tertiary/aromatic N) is 1. The number of rotatable bonds is 4. The first-order chi connectivity index (χ1) is 13.0. The van der Waals surface area contributed by atoms with Gasteiger partial charge in [0.25, 0.3) is 5.56 Å². The molecule has 1 saturated heterocycles. The molecule has 1 aliphatic rings. The van der Waals surface area contributed by atoms with Crippen LogP contribution in [0.2, 0.25) is 0 Å². The lowest BCUT2D eigenvalue weighted by Crippen LogP contribution is -2.47. The Labute approximate surface area is 157 Å². The third-order valence-electron chi connectivity index (χ3n) is 4.85. The number of H-pyrrole nitrogens is 1. The molecule has 7 heteroatoms. The van der Waals surface area contributed by atoms with Crippen molar-refractivity contribution >= 4 is 22.9 Å². The maximum absolute atomic E-state index is 12.4. The minimum atomic E-state index is -0.285. The Kier molecular flexibility index (Phi) is 5.78. The summed E-state index contributed by atoms with van der Waals surface area (Å²) in [4.78, 5) is 40.3. The second kappa shape index (κ2) is 8.24. The van der Waals surface area contributed by atoms with Crippen molar-refractivity contribution in [3.63, 3.8) is 0 Å². The number of hydrogen-bond donors (Lipinski definition) is 2. The molecule has 1 fully saturated rings. The highest BCUT2D eigenvalue weighted by Crippen LogP contribution is 2.15. The van der Waals surface area contributed by atoms with Crippen LogP contribution in [0.4, 0.5) is 4.79 Å². The molecule has 27 heavy (non-hydrogen) atoms. The Morgan fingerprint density at radius 3 is 2.70 bits per heavy atom. The fraction of sp³-hybridized carbons (Fsp3) is 0.450. The second-order valence-electron chi connectivity index (χ2n) is 6.91. The number of pyridine rings is 1. The van der Waals surface area contributed by atoms with Crippen LogP contribution < -0.4 is 10.9 Å². The average Bonchev–Trinajstić information content (AvgIpc) is 2.63. The number of likely N-dealkylation sites (tertiary alicyclic amines) is 1. The first-order valence-electron chi connectivity index (χ1n) is 9.30. The molecule has 1 aliphatic heterocycles. The average molecular weight is 371 g/mol. The number of carbonyl (C=O) groups excluding carboxylic acids is 2. The van der Waals surface area contributed by atoms with Gasteiger partial charge in [0.2, 0.25) is 5.91 Å². The van der Waals surface area contributed by atoms with Crippen molar-refractivity contribution in [1.82, 2.24) is 15.2 Å². The summed E-state index contributed by atoms with van der Waals surface area (Å²) in [6, 6.07) is 7.52. The fourth-order valence-electron chi connectivity index (χ4n) is 3.36. The van der Waals surface area contributed by atoms with Gasteiger partial charge in [0.15, 0.2) is 0 Å². The van der Waals surface area contributed by atoms with E-state index in [0.717, 1.165) is 29.3 Å². The molecule has 2 N–H and O–H groups in total. The third-order valence-corrected chi connectivity index (χ3v) is 4.85. The molecule has 144 valence electrons. The maximum Gasteiger partial charge on any atom is 0.409 e. The predicted molar refractivity (Wildman–Crippen MR) is 103 cm³/mol. The van der Waals surface area contributed by atoms with Crippen LogP contribution in [0.5, 0.6) is 0 Å². The van der Waals surface area contributed by atoms with Crippen molar-refractivity contribution < 1.29 is 14.3 Å². The van der Waals surface area contributed by atoms with Crippen molar-refractivity contribution in [2.24, 2.45) is 0 Å². The maximum atomic E-state index is 12.4. The zero-order valence-corrected chi connectivity index (χ0v) is 15.7. The van der Waals surface area contributed by atoms with Gasteiger partial charge in [-0.25, -0.2) is 4.79 Å². The van der Waals surface area contributed by atoms with E-state index in [1.807, 2.05) is 24.3 Å². The summed E-state index contributed by atoms with van der Waals surface area (Å²) in [7, 11) is 0. The number of nitrogens with one attached hydrogen (secondary N) is 2. The number of hydrogen-bond acceptors (Lipinski definition) is 4. The molecule has 0 bridgehead atoms. The Morgan fingerprint density at radius 2 is 2.00 bits per heavy atom. The van der Waals surface area contributed by atoms with E-state index in [2.05, 4.69) is 10.3 Å². The van der Waals surface area contributed by atoms with E-state index in [1.54, 1.807) is 18.7 Å². The normalized spacial score (nSPS) is 15.0. The standard InChI is InChI=1S/C20H25N3O4/c1-3-27-20(26)23-8-6-16(7-9-23)21-18(24)12-14-4-5-17-15(11-14)10-13(2)19(25)22-17/h4-5,10-11,16H,3,6-9,12H2,1-2H3,(H,21,24)(H,22,25). The molecule has 2 heterocycles. The molecule has 0 aliphatic carbocycles. The van der Waals surface area contributed by atoms with Crippen LogP contribution in [-0.2, 0) is 16.0 Å². The number of benzene rings is 1. The molecule has 2 aromatic rings. The molecule has 7 nitrogen and oxygen atoms in total. The van der Waals surface area contributed by atoms with Gasteiger partial charge in [0.1, 0.15) is 0 Å². The lowest BCUT2D eigenvalue weighted by molar-refractivity contribution is -0.121. The van der Waals surface area contributed by atoms with E-state index in [-0.39, 0.29) is 30.0 Å². The number of fused-ring (bicyclic) bond motifs is 1. The zero-order chi connectivity index (χ0) is 19.4. The van der Waals surface area contributed by atoms with Crippen LogP contribution >= 0.6 is 0 Å². The molecule has 0 saturated carbocycles. The number of aromatic nitrogens is 1. The molecule has 0 atom stereocenters. The Morgan fingerprint density at radius 1 is 1.26 bits per heavy atom. The van der Waals surface area contributed by atoms with Gasteiger partial charge in [-0.15, -0.1) is 0 Å². The Bertz CT molecular complexity index is 898. The molecular formula is C20H25N3O4. The summed E-state index contributed by atoms with van der Waals surface area (Å²) < 4.78 is 5.01. The predicted octanol–water partition coefficient (Wildman–Crippen LogP) is 2.12. The van der Waals surface area contributed by atoms with Crippen LogP contribution in [-0.4, -0.2) is 47.6 Å². The van der Waals surface area contributed by atoms with Crippen molar-refractivity contribution in [3.8, 4) is 0 Å². The summed E-state index contributed by atoms with van der Waals surface area (Å²) >= 11 is 0. The van der Waals surface area contributed by atoms with Gasteiger partial charge in [0, 0.05) is 30.2 Å². The van der Waals surface area contributed by atoms with Crippen molar-refractivity contribution in [1.29, 1.82) is 0 Å². The van der Waals surface area contributed by atoms with Gasteiger partial charge < -0.3 is 19.9 Å². The summed E-state index contributed by atoms with van der Waals surface area (Å²) in [6.45, 7) is 5.10. The molecule has 0 unspecified atom stereocenters. The minimum absolute atomic E-state index is 0.0370. The van der Waals surface area contributed by atoms with Crippen molar-refractivity contribution in [2.45, 2.75) is 39.2 Å². The number of ether oxygens (including phenoxy) is 1. The largest absolute Gasteiger partial charge is 0.450 e. The molecule has 2 amide bonds. The number of carbonyl (C=O) groups is 2. The summed E-state index contributed by atoms with van der Waals surface area (Å²) in [5.41, 5.74) is 2.22. The van der Waals surface area contributed by atoms with Crippen LogP contribution in [0.15, 0.2) is 29.1 Å². The van der Waals surface area contributed by atoms with Crippen LogP contribution in [0.25, 0.3) is 10.9 Å². The monoisotopic (exact) mass is 371 g/mol. The minimum Gasteiger partial charge on any atom is -0.450 e. The van der Waals surface area contributed by atoms with E-state index < -0.39 is 0 Å². The summed E-state index contributed by atoms with van der Waals surface area (Å²) in [5, 5.41) is 3.97. The van der Waals surface area contributed by atoms with E-state index in [4.69, 9.17) is 4.74 Å². The number of aromatic amines is 1. The Hall–Kier alpha value is -2.83. The molecule has 0 radical (unpaired) electrons. The first-order valence-corrected chi connectivity index (χ1v) is 9.30. The van der Waals surface area contributed by atoms with Crippen molar-refractivity contribution in [3.05, 3.63) is 45.7 Å². The third kappa shape index (κ3) is 4.67. The molecule has 1 aromatic carbocycles. The Balaban J connectivity index is 1.55. The topological polar surface area (TPSA) is 91.5 Å². The number of piperidine rings is 1. The molecular weight excluding hydrogens is 346 g/mol. The number of amides is 2. The quantitative estimate of drug-likeness (QED) is 0.861. The van der Waals surface area contributed by atoms with Crippen LogP contribution in [0.3, 0.4) is 0 Å². The fourth-order valence-corrected chi connectivity index (χ4v) is 3.36. The van der Waals surface area contributed by atoms with E-state index in [9.17, 15) is 14.4 Å². The zero-order valence-electron chi connectivity index (χ0n) is 15.7. The highest BCUT2D eigenvalue weighted by Gasteiger charge is 2.24. The lowest BCUT2D eigenvalue weighted by atomic mass is 10.0. The van der Waals surface area contributed by atoms with Gasteiger partial charge in [-0.1, -0.05) is 6.07 Å². The van der Waals surface area contributed by atoms with Crippen LogP contribution in [0.1, 0.15) is 30.9 Å². The van der Waals surface area contributed by atoms with Gasteiger partial charge in [-0.3, -0.25) is 9.59 Å². The number of aryl methyl sites for hydroxylation is 1. The van der Waals surface area contributed by atoms with Gasteiger partial charge in [-0.05, 0) is 55.8 Å². The lowest BCUT2D eigenvalue weighted by Gasteiger charge is -2.31. The van der Waals surface area contributed by atoms with E-state index in [1.165, 1.54) is 0 Å². The van der Waals surface area contributed by atoms with Gasteiger partial charge in [0.05, 0.1) is 13.0 Å².